The largest absolute Gasteiger partial charge is 0.480 e. The van der Waals surface area contributed by atoms with Crippen molar-refractivity contribution in [1.29, 1.82) is 0 Å². The van der Waals surface area contributed by atoms with Crippen molar-refractivity contribution in [3.05, 3.63) is 0 Å². The maximum absolute atomic E-state index is 12.4. The molecule has 0 aromatic rings. The molecule has 0 aromatic carbocycles. The van der Waals surface area contributed by atoms with Crippen molar-refractivity contribution in [2.45, 2.75) is 24.8 Å². The van der Waals surface area contributed by atoms with E-state index in [2.05, 4.69) is 0 Å². The SMILES string of the molecule is CC1SCC(C(=O)O)N1C(=O)N1CCC(C(N)=O)C1. The number of nitrogens with two attached hydrogens (primary N) is 1. The van der Waals surface area contributed by atoms with E-state index < -0.39 is 17.9 Å². The number of carboxylic acid groups (broad SMARTS) is 1. The van der Waals surface area contributed by atoms with Crippen LogP contribution in [0.5, 0.6) is 0 Å². The highest BCUT2D eigenvalue weighted by atomic mass is 32.2. The molecule has 7 nitrogen and oxygen atoms in total. The number of primary amides is 1. The van der Waals surface area contributed by atoms with Crippen LogP contribution < -0.4 is 5.73 Å². The molecule has 106 valence electrons. The number of carboxylic acids is 1. The molecule has 2 aliphatic rings. The Hall–Kier alpha value is -1.44. The molecule has 3 amide bonds. The van der Waals surface area contributed by atoms with E-state index in [-0.39, 0.29) is 23.9 Å². The van der Waals surface area contributed by atoms with Gasteiger partial charge in [0.05, 0.1) is 11.3 Å². The van der Waals surface area contributed by atoms with Crippen LogP contribution in [0.3, 0.4) is 0 Å². The Morgan fingerprint density at radius 2 is 2.05 bits per heavy atom. The monoisotopic (exact) mass is 287 g/mol. The summed E-state index contributed by atoms with van der Waals surface area (Å²) in [5.74, 6) is -1.32. The fraction of sp³-hybridized carbons (Fsp3) is 0.727. The Bertz CT molecular complexity index is 417. The number of aliphatic carboxylic acids is 1. The minimum atomic E-state index is -0.990. The number of likely N-dealkylation sites (tertiary alicyclic amines) is 1. The zero-order valence-corrected chi connectivity index (χ0v) is 11.4. The predicted molar refractivity (Wildman–Crippen MR) is 69.5 cm³/mol. The van der Waals surface area contributed by atoms with Gasteiger partial charge in [0.15, 0.2) is 0 Å². The number of amides is 3. The average Bonchev–Trinajstić information content (AvgIpc) is 2.94. The van der Waals surface area contributed by atoms with Crippen LogP contribution >= 0.6 is 11.8 Å². The van der Waals surface area contributed by atoms with Gasteiger partial charge in [0.1, 0.15) is 6.04 Å². The smallest absolute Gasteiger partial charge is 0.327 e. The van der Waals surface area contributed by atoms with Crippen LogP contribution in [0.25, 0.3) is 0 Å². The van der Waals surface area contributed by atoms with Crippen molar-refractivity contribution < 1.29 is 19.5 Å². The first-order valence-electron chi connectivity index (χ1n) is 6.12. The van der Waals surface area contributed by atoms with E-state index in [4.69, 9.17) is 10.8 Å². The van der Waals surface area contributed by atoms with Crippen molar-refractivity contribution in [3.63, 3.8) is 0 Å². The molecule has 2 saturated heterocycles. The summed E-state index contributed by atoms with van der Waals surface area (Å²) < 4.78 is 0. The normalized spacial score (nSPS) is 30.7. The third-order valence-corrected chi connectivity index (χ3v) is 4.81. The Balaban J connectivity index is 2.07. The number of thioether (sulfide) groups is 1. The van der Waals surface area contributed by atoms with Crippen LogP contribution in [-0.2, 0) is 9.59 Å². The first-order chi connectivity index (χ1) is 8.91. The molecule has 19 heavy (non-hydrogen) atoms. The molecule has 0 spiro atoms. The third kappa shape index (κ3) is 2.63. The second-order valence-corrected chi connectivity index (χ2v) is 6.16. The van der Waals surface area contributed by atoms with Crippen molar-refractivity contribution in [1.82, 2.24) is 9.80 Å². The van der Waals surface area contributed by atoms with Crippen LogP contribution in [0, 0.1) is 5.92 Å². The lowest BCUT2D eigenvalue weighted by molar-refractivity contribution is -0.141. The van der Waals surface area contributed by atoms with Crippen LogP contribution in [0.4, 0.5) is 4.79 Å². The van der Waals surface area contributed by atoms with Gasteiger partial charge in [-0.25, -0.2) is 9.59 Å². The molecule has 2 fully saturated rings. The van der Waals surface area contributed by atoms with E-state index in [1.165, 1.54) is 21.6 Å². The fourth-order valence-corrected chi connectivity index (χ4v) is 3.61. The summed E-state index contributed by atoms with van der Waals surface area (Å²) >= 11 is 1.44. The maximum Gasteiger partial charge on any atom is 0.327 e. The molecule has 2 rings (SSSR count). The van der Waals surface area contributed by atoms with E-state index in [0.717, 1.165) is 0 Å². The second-order valence-electron chi connectivity index (χ2n) is 4.81. The average molecular weight is 287 g/mol. The highest BCUT2D eigenvalue weighted by molar-refractivity contribution is 8.00. The van der Waals surface area contributed by atoms with E-state index in [0.29, 0.717) is 18.7 Å². The summed E-state index contributed by atoms with van der Waals surface area (Å²) in [6.07, 6.45) is 0.550. The Morgan fingerprint density at radius 1 is 1.37 bits per heavy atom. The number of urea groups is 1. The predicted octanol–water partition coefficient (Wildman–Crippen LogP) is -0.238. The van der Waals surface area contributed by atoms with Crippen LogP contribution in [-0.4, -0.2) is 63.1 Å². The van der Waals surface area contributed by atoms with Gasteiger partial charge in [0.2, 0.25) is 5.91 Å². The molecule has 3 unspecified atom stereocenters. The topological polar surface area (TPSA) is 104 Å². The van der Waals surface area contributed by atoms with Crippen LogP contribution in [0.1, 0.15) is 13.3 Å². The van der Waals surface area contributed by atoms with Gasteiger partial charge in [-0.05, 0) is 13.3 Å². The summed E-state index contributed by atoms with van der Waals surface area (Å²) in [6.45, 7) is 2.55. The summed E-state index contributed by atoms with van der Waals surface area (Å²) in [7, 11) is 0. The standard InChI is InChI=1S/C11H17N3O4S/c1-6-14(8(5-19-6)10(16)17)11(18)13-3-2-7(4-13)9(12)15/h6-8H,2-5H2,1H3,(H2,12,15)(H,16,17). The minimum Gasteiger partial charge on any atom is -0.480 e. The second kappa shape index (κ2) is 5.28. The lowest BCUT2D eigenvalue weighted by Crippen LogP contribution is -2.50. The van der Waals surface area contributed by atoms with Crippen molar-refractivity contribution >= 4 is 29.7 Å². The minimum absolute atomic E-state index is 0.166. The zero-order valence-electron chi connectivity index (χ0n) is 10.6. The highest BCUT2D eigenvalue weighted by Crippen LogP contribution is 2.31. The number of carbonyl (C=O) groups is 3. The van der Waals surface area contributed by atoms with Crippen LogP contribution in [0.15, 0.2) is 0 Å². The first-order valence-corrected chi connectivity index (χ1v) is 7.17. The maximum atomic E-state index is 12.4. The van der Waals surface area contributed by atoms with Gasteiger partial charge in [0.25, 0.3) is 0 Å². The van der Waals surface area contributed by atoms with Gasteiger partial charge >= 0.3 is 12.0 Å². The Morgan fingerprint density at radius 3 is 2.58 bits per heavy atom. The molecule has 0 radical (unpaired) electrons. The number of hydrogen-bond acceptors (Lipinski definition) is 4. The molecule has 3 atom stereocenters. The Kier molecular flexibility index (Phi) is 3.88. The number of nitrogens with zero attached hydrogens (tertiary/aromatic N) is 2. The molecule has 2 heterocycles. The van der Waals surface area contributed by atoms with Crippen molar-refractivity contribution in [2.75, 3.05) is 18.8 Å². The van der Waals surface area contributed by atoms with Crippen molar-refractivity contribution in [2.24, 2.45) is 11.7 Å². The van der Waals surface area contributed by atoms with Crippen molar-refractivity contribution in [3.8, 4) is 0 Å². The molecular formula is C11H17N3O4S. The highest BCUT2D eigenvalue weighted by Gasteiger charge is 2.43. The molecule has 2 aliphatic heterocycles. The number of hydrogen-bond donors (Lipinski definition) is 2. The first kappa shape index (κ1) is 14.0. The molecule has 3 N–H and O–H groups in total. The lowest BCUT2D eigenvalue weighted by atomic mass is 10.1. The van der Waals surface area contributed by atoms with E-state index in [9.17, 15) is 14.4 Å². The lowest BCUT2D eigenvalue weighted by Gasteiger charge is -2.29. The zero-order chi connectivity index (χ0) is 14.2. The molecule has 0 aliphatic carbocycles. The van der Waals surface area contributed by atoms with Gasteiger partial charge in [-0.15, -0.1) is 11.8 Å². The summed E-state index contributed by atoms with van der Waals surface area (Å²) in [5, 5.41) is 8.97. The van der Waals surface area contributed by atoms with E-state index >= 15 is 0 Å². The van der Waals surface area contributed by atoms with Gasteiger partial charge in [-0.2, -0.15) is 0 Å². The van der Waals surface area contributed by atoms with Gasteiger partial charge in [0, 0.05) is 18.8 Å². The van der Waals surface area contributed by atoms with Gasteiger partial charge in [-0.3, -0.25) is 9.69 Å². The molecule has 0 saturated carbocycles. The number of rotatable bonds is 2. The molecule has 0 bridgehead atoms. The molecular weight excluding hydrogens is 270 g/mol. The Labute approximate surface area is 115 Å². The van der Waals surface area contributed by atoms with Gasteiger partial charge in [-0.1, -0.05) is 0 Å². The molecule has 0 aromatic heterocycles. The van der Waals surface area contributed by atoms with Gasteiger partial charge < -0.3 is 15.7 Å². The summed E-state index contributed by atoms with van der Waals surface area (Å²) in [6, 6.07) is -1.10. The summed E-state index contributed by atoms with van der Waals surface area (Å²) in [4.78, 5) is 37.5. The fourth-order valence-electron chi connectivity index (χ4n) is 2.45. The number of carbonyl (C=O) groups excluding carboxylic acids is 2. The van der Waals surface area contributed by atoms with Crippen LogP contribution in [0.2, 0.25) is 0 Å². The summed E-state index contributed by atoms with van der Waals surface area (Å²) in [5.41, 5.74) is 5.23. The van der Waals surface area contributed by atoms with E-state index in [1.54, 1.807) is 0 Å². The van der Waals surface area contributed by atoms with E-state index in [1.807, 2.05) is 6.92 Å². The molecule has 8 heteroatoms. The third-order valence-electron chi connectivity index (χ3n) is 3.59. The quantitative estimate of drug-likeness (QED) is 0.729.